The minimum atomic E-state index is -3.54. The van der Waals surface area contributed by atoms with E-state index in [2.05, 4.69) is 170 Å². The Morgan fingerprint density at radius 1 is 0.500 bits per heavy atom. The number of likely N-dealkylation sites (N-methyl/N-ethyl adjacent to an activating group) is 1. The van der Waals surface area contributed by atoms with Crippen molar-refractivity contribution in [2.45, 2.75) is 6.61 Å². The molecule has 0 radical (unpaired) electrons. The fourth-order valence-corrected chi connectivity index (χ4v) is 25.5. The second-order valence-corrected chi connectivity index (χ2v) is 32.8. The van der Waals surface area contributed by atoms with Gasteiger partial charge < -0.3 is 0 Å². The zero-order valence-electron chi connectivity index (χ0n) is 34.8. The summed E-state index contributed by atoms with van der Waals surface area (Å²) in [6, 6.07) is 10.2. The summed E-state index contributed by atoms with van der Waals surface area (Å²) in [7, 11) is 15.2. The molecule has 0 amide bonds. The van der Waals surface area contributed by atoms with Crippen LogP contribution in [0, 0.1) is 0 Å². The van der Waals surface area contributed by atoms with Gasteiger partial charge in [0.25, 0.3) is 0 Å². The Morgan fingerprint density at radius 3 is 1.28 bits per heavy atom. The van der Waals surface area contributed by atoms with Crippen LogP contribution < -0.4 is 0 Å². The Balaban J connectivity index is 3.61. The summed E-state index contributed by atoms with van der Waals surface area (Å²) in [5.41, 5.74) is 1.16. The molecule has 0 N–H and O–H groups in total. The molecule has 0 fully saturated rings. The number of benzene rings is 1. The monoisotopic (exact) mass is 803 g/mol. The van der Waals surface area contributed by atoms with Crippen molar-refractivity contribution >= 4 is 37.1 Å². The zero-order chi connectivity index (χ0) is 38.6. The molecule has 19 heteroatoms. The predicted octanol–water partition coefficient (Wildman–Crippen LogP) is 7.31. The van der Waals surface area contributed by atoms with E-state index in [1.165, 1.54) is 0 Å². The van der Waals surface area contributed by atoms with Crippen LogP contribution in [0.15, 0.2) is 48.4 Å². The third kappa shape index (κ3) is 14.1. The van der Waals surface area contributed by atoms with Gasteiger partial charge in [-0.3, -0.25) is 0 Å². The maximum atomic E-state index is 6.09. The molecule has 0 saturated carbocycles. The predicted molar refractivity (Wildman–Crippen MR) is 228 cm³/mol. The van der Waals surface area contributed by atoms with E-state index in [-0.39, 0.29) is 0 Å². The Bertz CT molecular complexity index is 1300. The van der Waals surface area contributed by atoms with Crippen LogP contribution in [-0.4, -0.2) is 197 Å². The Labute approximate surface area is 308 Å². The molecule has 0 aliphatic heterocycles. The summed E-state index contributed by atoms with van der Waals surface area (Å²) in [4.78, 5) is 0. The van der Waals surface area contributed by atoms with E-state index in [0.717, 1.165) is 5.56 Å². The molecule has 0 aliphatic carbocycles. The molecule has 50 heavy (non-hydrogen) atoms. The molecule has 1 aromatic rings. The number of hydrogen-bond donors (Lipinski definition) is 0. The summed E-state index contributed by atoms with van der Waals surface area (Å²) in [6.07, 6.45) is 0. The van der Waals surface area contributed by atoms with Gasteiger partial charge in [0, 0.05) is 0 Å². The van der Waals surface area contributed by atoms with Crippen LogP contribution in [0.25, 0.3) is 0 Å². The van der Waals surface area contributed by atoms with E-state index >= 15 is 0 Å². The van der Waals surface area contributed by atoms with Crippen LogP contribution >= 0.6 is 37.1 Å². The average Bonchev–Trinajstić information content (AvgIpc) is 2.99. The van der Waals surface area contributed by atoms with Crippen LogP contribution in [0.3, 0.4) is 0 Å². The molecule has 0 atom stereocenters. The van der Waals surface area contributed by atoms with Crippen molar-refractivity contribution in [2.75, 3.05) is 165 Å². The SMILES string of the molecule is CN(C)P(C)(=N[PH](N=P(C)(C)C)(N=P(C)(N(C)C)N(C)C)N=P(N(C)C)(N(C)C)N(C)CCOCCOCCOCc1ccccc1)N(C)C. The molecule has 296 valence electrons. The quantitative estimate of drug-likeness (QED) is 0.0878. The molecule has 0 aliphatic rings. The third-order valence-electron chi connectivity index (χ3n) is 8.33. The number of hydrogen-bond acceptors (Lipinski definition) is 7. The van der Waals surface area contributed by atoms with Crippen LogP contribution in [0.4, 0.5) is 0 Å². The Kier molecular flexibility index (Phi) is 20.5. The van der Waals surface area contributed by atoms with Gasteiger partial charge in [0.05, 0.1) is 6.61 Å². The summed E-state index contributed by atoms with van der Waals surface area (Å²) in [6.45, 7) is 15.1. The van der Waals surface area contributed by atoms with Crippen molar-refractivity contribution in [3.05, 3.63) is 35.9 Å². The molecule has 0 bridgehead atoms. The zero-order valence-corrected chi connectivity index (χ0v) is 39.3. The maximum absolute atomic E-state index is 6.09. The first-order chi connectivity index (χ1) is 23.0. The Morgan fingerprint density at radius 2 is 0.900 bits per heavy atom. The molecule has 0 saturated heterocycles. The van der Waals surface area contributed by atoms with Gasteiger partial charge in [-0.2, -0.15) is 0 Å². The van der Waals surface area contributed by atoms with Gasteiger partial charge in [0.2, 0.25) is 0 Å². The molecule has 14 nitrogen and oxygen atoms in total. The van der Waals surface area contributed by atoms with E-state index < -0.39 is 37.1 Å². The van der Waals surface area contributed by atoms with Crippen molar-refractivity contribution in [3.8, 4) is 0 Å². The van der Waals surface area contributed by atoms with E-state index in [1.807, 2.05) is 18.2 Å². The molecule has 0 aromatic heterocycles. The molecule has 0 spiro atoms. The second kappa shape index (κ2) is 21.3. The van der Waals surface area contributed by atoms with Gasteiger partial charge >= 0.3 is 267 Å². The summed E-state index contributed by atoms with van der Waals surface area (Å²) >= 11 is 0. The van der Waals surface area contributed by atoms with Crippen molar-refractivity contribution in [1.29, 1.82) is 0 Å². The Hall–Kier alpha value is 0.170. The first-order valence-corrected chi connectivity index (χ1v) is 27.6. The average molecular weight is 804 g/mol. The van der Waals surface area contributed by atoms with Gasteiger partial charge in [-0.15, -0.1) is 0 Å². The molecule has 1 aromatic carbocycles. The number of rotatable bonds is 22. The van der Waals surface area contributed by atoms with Gasteiger partial charge in [0.15, 0.2) is 0 Å². The van der Waals surface area contributed by atoms with Gasteiger partial charge in [-0.25, -0.2) is 0 Å². The van der Waals surface area contributed by atoms with Crippen LogP contribution in [0.1, 0.15) is 5.56 Å². The molecule has 0 unspecified atom stereocenters. The van der Waals surface area contributed by atoms with E-state index in [4.69, 9.17) is 32.3 Å². The van der Waals surface area contributed by atoms with Crippen molar-refractivity contribution in [3.63, 3.8) is 0 Å². The van der Waals surface area contributed by atoms with Gasteiger partial charge in [0.1, 0.15) is 0 Å². The molecular formula is C31H74N11O3P5. The van der Waals surface area contributed by atoms with Crippen molar-refractivity contribution in [1.82, 2.24) is 32.7 Å². The second-order valence-electron chi connectivity index (χ2n) is 14.4. The number of ether oxygens (including phenoxy) is 3. The molecule has 0 heterocycles. The summed E-state index contributed by atoms with van der Waals surface area (Å²) < 4.78 is 56.9. The topological polar surface area (TPSA) is 99.8 Å². The molecule has 1 rings (SSSR count). The van der Waals surface area contributed by atoms with E-state index in [0.29, 0.717) is 46.2 Å². The normalized spacial score (nSPS) is 14.2. The van der Waals surface area contributed by atoms with Gasteiger partial charge in [-0.05, 0) is 5.56 Å². The van der Waals surface area contributed by atoms with Crippen LogP contribution in [-0.2, 0) is 20.8 Å². The molecular weight excluding hydrogens is 729 g/mol. The van der Waals surface area contributed by atoms with Gasteiger partial charge in [-0.1, -0.05) is 30.3 Å². The summed E-state index contributed by atoms with van der Waals surface area (Å²) in [5.74, 6) is 0. The first kappa shape index (κ1) is 48.2. The first-order valence-electron chi connectivity index (χ1n) is 17.0. The van der Waals surface area contributed by atoms with E-state index in [9.17, 15) is 0 Å². The standard InChI is InChI=1S/C31H74N11O3P5/c1-36(2)47(17,37(3)4)33-49(32-46(14,15)16,34-48(18,38(5)6)39(7)8)35-50(40(9)10,41(11)12)42(13)24-25-43-26-27-44-28-29-45-30-31-22-20-19-21-23-31/h19-23,49H,24-30H2,1-18H3. The fraction of sp³-hybridized carbons (Fsp3) is 0.806. The van der Waals surface area contributed by atoms with Crippen molar-refractivity contribution < 1.29 is 14.2 Å². The summed E-state index contributed by atoms with van der Waals surface area (Å²) in [5, 5.41) is 0. The number of nitrogens with zero attached hydrogens (tertiary/aromatic N) is 11. The van der Waals surface area contributed by atoms with Crippen LogP contribution in [0.5, 0.6) is 0 Å². The van der Waals surface area contributed by atoms with E-state index in [1.54, 1.807) is 0 Å². The third-order valence-corrected chi connectivity index (χ3v) is 28.4. The fourth-order valence-electron chi connectivity index (χ4n) is 5.04. The minimum absolute atomic E-state index is 0.509. The van der Waals surface area contributed by atoms with Crippen LogP contribution in [0.2, 0.25) is 0 Å². The van der Waals surface area contributed by atoms with Crippen molar-refractivity contribution in [2.24, 2.45) is 18.1 Å².